The molecule has 94 valence electrons. The standard InChI is InChI=1S/C14H21NOS/c1-9-7-12(10(2)17-9)13(16)15-11-5-6-14(3,4)8-11/h7,11H,5-6,8H2,1-4H3,(H,15,16). The van der Waals surface area contributed by atoms with Crippen LogP contribution in [0.15, 0.2) is 6.07 Å². The predicted octanol–water partition coefficient (Wildman–Crippen LogP) is 3.67. The van der Waals surface area contributed by atoms with E-state index < -0.39 is 0 Å². The van der Waals surface area contributed by atoms with Gasteiger partial charge in [-0.25, -0.2) is 0 Å². The molecule has 0 aliphatic heterocycles. The van der Waals surface area contributed by atoms with Crippen LogP contribution in [0.3, 0.4) is 0 Å². The molecule has 1 unspecified atom stereocenters. The fraction of sp³-hybridized carbons (Fsp3) is 0.643. The summed E-state index contributed by atoms with van der Waals surface area (Å²) in [5.41, 5.74) is 1.24. The van der Waals surface area contributed by atoms with Gasteiger partial charge in [0.2, 0.25) is 0 Å². The Morgan fingerprint density at radius 2 is 2.18 bits per heavy atom. The number of aryl methyl sites for hydroxylation is 2. The minimum absolute atomic E-state index is 0.106. The first-order chi connectivity index (χ1) is 7.87. The molecule has 0 saturated heterocycles. The molecular weight excluding hydrogens is 230 g/mol. The molecule has 2 rings (SSSR count). The molecule has 1 aliphatic carbocycles. The van der Waals surface area contributed by atoms with Gasteiger partial charge in [-0.05, 0) is 44.6 Å². The first-order valence-electron chi connectivity index (χ1n) is 6.25. The molecule has 1 fully saturated rings. The molecule has 1 atom stereocenters. The van der Waals surface area contributed by atoms with E-state index in [1.165, 1.54) is 11.3 Å². The fourth-order valence-electron chi connectivity index (χ4n) is 2.68. The summed E-state index contributed by atoms with van der Waals surface area (Å²) in [6.07, 6.45) is 3.42. The van der Waals surface area contributed by atoms with E-state index in [4.69, 9.17) is 0 Å². The summed E-state index contributed by atoms with van der Waals surface area (Å²) in [4.78, 5) is 14.5. The number of nitrogens with one attached hydrogen (secondary N) is 1. The third kappa shape index (κ3) is 2.89. The first-order valence-corrected chi connectivity index (χ1v) is 7.07. The molecular formula is C14H21NOS. The number of hydrogen-bond acceptors (Lipinski definition) is 2. The maximum absolute atomic E-state index is 12.1. The van der Waals surface area contributed by atoms with Crippen LogP contribution in [0.2, 0.25) is 0 Å². The van der Waals surface area contributed by atoms with Crippen LogP contribution in [-0.4, -0.2) is 11.9 Å². The summed E-state index contributed by atoms with van der Waals surface area (Å²) in [7, 11) is 0. The maximum Gasteiger partial charge on any atom is 0.252 e. The van der Waals surface area contributed by atoms with Gasteiger partial charge in [0.25, 0.3) is 5.91 Å². The van der Waals surface area contributed by atoms with Crippen molar-refractivity contribution in [1.82, 2.24) is 5.32 Å². The number of rotatable bonds is 2. The van der Waals surface area contributed by atoms with E-state index in [1.807, 2.05) is 19.9 Å². The molecule has 1 saturated carbocycles. The zero-order valence-corrected chi connectivity index (χ0v) is 11.9. The van der Waals surface area contributed by atoms with Gasteiger partial charge in [0.05, 0.1) is 5.56 Å². The van der Waals surface area contributed by atoms with Crippen molar-refractivity contribution in [1.29, 1.82) is 0 Å². The molecule has 0 spiro atoms. The Kier molecular flexibility index (Phi) is 3.30. The van der Waals surface area contributed by atoms with Crippen molar-refractivity contribution in [2.45, 2.75) is 53.0 Å². The van der Waals surface area contributed by atoms with Gasteiger partial charge < -0.3 is 5.32 Å². The molecule has 1 N–H and O–H groups in total. The van der Waals surface area contributed by atoms with Crippen molar-refractivity contribution in [3.8, 4) is 0 Å². The van der Waals surface area contributed by atoms with E-state index in [-0.39, 0.29) is 5.91 Å². The summed E-state index contributed by atoms with van der Waals surface area (Å²) in [6, 6.07) is 2.35. The van der Waals surface area contributed by atoms with Crippen LogP contribution < -0.4 is 5.32 Å². The molecule has 1 aliphatic rings. The smallest absolute Gasteiger partial charge is 0.252 e. The van der Waals surface area contributed by atoms with Gasteiger partial charge in [-0.1, -0.05) is 13.8 Å². The van der Waals surface area contributed by atoms with Crippen molar-refractivity contribution in [2.24, 2.45) is 5.41 Å². The normalized spacial score (nSPS) is 22.7. The summed E-state index contributed by atoms with van der Waals surface area (Å²) >= 11 is 1.69. The summed E-state index contributed by atoms with van der Waals surface area (Å²) in [6.45, 7) is 8.62. The summed E-state index contributed by atoms with van der Waals surface area (Å²) < 4.78 is 0. The van der Waals surface area contributed by atoms with E-state index in [9.17, 15) is 4.79 Å². The molecule has 3 heteroatoms. The zero-order valence-electron chi connectivity index (χ0n) is 11.1. The van der Waals surface area contributed by atoms with Crippen molar-refractivity contribution >= 4 is 17.2 Å². The quantitative estimate of drug-likeness (QED) is 0.853. The molecule has 17 heavy (non-hydrogen) atoms. The van der Waals surface area contributed by atoms with Crippen molar-refractivity contribution < 1.29 is 4.79 Å². The lowest BCUT2D eigenvalue weighted by molar-refractivity contribution is 0.0936. The van der Waals surface area contributed by atoms with Gasteiger partial charge in [0.15, 0.2) is 0 Å². The molecule has 1 heterocycles. The van der Waals surface area contributed by atoms with Crippen LogP contribution in [0.25, 0.3) is 0 Å². The Hall–Kier alpha value is -0.830. The third-order valence-corrected chi connectivity index (χ3v) is 4.56. The second-order valence-electron chi connectivity index (χ2n) is 5.90. The number of thiophene rings is 1. The van der Waals surface area contributed by atoms with Crippen molar-refractivity contribution in [3.63, 3.8) is 0 Å². The van der Waals surface area contributed by atoms with E-state index in [2.05, 4.69) is 19.2 Å². The molecule has 1 amide bonds. The van der Waals surface area contributed by atoms with Crippen LogP contribution in [0.4, 0.5) is 0 Å². The fourth-order valence-corrected chi connectivity index (χ4v) is 3.60. The van der Waals surface area contributed by atoms with Crippen LogP contribution >= 0.6 is 11.3 Å². The van der Waals surface area contributed by atoms with Crippen LogP contribution in [-0.2, 0) is 0 Å². The highest BCUT2D eigenvalue weighted by Gasteiger charge is 2.32. The lowest BCUT2D eigenvalue weighted by atomic mass is 9.92. The molecule has 0 aromatic carbocycles. The second-order valence-corrected chi connectivity index (χ2v) is 7.36. The summed E-state index contributed by atoms with van der Waals surface area (Å²) in [5.74, 6) is 0.106. The Morgan fingerprint density at radius 1 is 1.47 bits per heavy atom. The lowest BCUT2D eigenvalue weighted by Crippen LogP contribution is -2.33. The number of carbonyl (C=O) groups is 1. The first kappa shape index (κ1) is 12.6. The van der Waals surface area contributed by atoms with Crippen molar-refractivity contribution in [2.75, 3.05) is 0 Å². The lowest BCUT2D eigenvalue weighted by Gasteiger charge is -2.17. The van der Waals surface area contributed by atoms with Gasteiger partial charge in [-0.15, -0.1) is 11.3 Å². The molecule has 0 radical (unpaired) electrons. The molecule has 0 bridgehead atoms. The van der Waals surface area contributed by atoms with E-state index in [0.717, 1.165) is 23.3 Å². The van der Waals surface area contributed by atoms with Crippen molar-refractivity contribution in [3.05, 3.63) is 21.4 Å². The Bertz CT molecular complexity index is 433. The monoisotopic (exact) mass is 251 g/mol. The van der Waals surface area contributed by atoms with Crippen LogP contribution in [0.5, 0.6) is 0 Å². The van der Waals surface area contributed by atoms with Crippen LogP contribution in [0.1, 0.15) is 53.2 Å². The van der Waals surface area contributed by atoms with Gasteiger partial charge in [-0.3, -0.25) is 4.79 Å². The number of amides is 1. The highest BCUT2D eigenvalue weighted by atomic mass is 32.1. The van der Waals surface area contributed by atoms with E-state index in [0.29, 0.717) is 11.5 Å². The Balaban J connectivity index is 2.01. The largest absolute Gasteiger partial charge is 0.349 e. The Labute approximate surface area is 107 Å². The average molecular weight is 251 g/mol. The van der Waals surface area contributed by atoms with Gasteiger partial charge in [0.1, 0.15) is 0 Å². The highest BCUT2D eigenvalue weighted by Crippen LogP contribution is 2.37. The zero-order chi connectivity index (χ0) is 12.6. The minimum atomic E-state index is 0.106. The molecule has 2 nitrogen and oxygen atoms in total. The second kappa shape index (κ2) is 4.45. The SMILES string of the molecule is Cc1cc(C(=O)NC2CCC(C)(C)C2)c(C)s1. The predicted molar refractivity (Wildman–Crippen MR) is 72.7 cm³/mol. The highest BCUT2D eigenvalue weighted by molar-refractivity contribution is 7.12. The van der Waals surface area contributed by atoms with Crippen LogP contribution in [0, 0.1) is 19.3 Å². The third-order valence-electron chi connectivity index (χ3n) is 3.59. The average Bonchev–Trinajstić information content (AvgIpc) is 2.69. The minimum Gasteiger partial charge on any atom is -0.349 e. The summed E-state index contributed by atoms with van der Waals surface area (Å²) in [5, 5.41) is 3.17. The number of hydrogen-bond donors (Lipinski definition) is 1. The Morgan fingerprint density at radius 3 is 2.65 bits per heavy atom. The van der Waals surface area contributed by atoms with Gasteiger partial charge >= 0.3 is 0 Å². The topological polar surface area (TPSA) is 29.1 Å². The molecule has 1 aromatic heterocycles. The number of carbonyl (C=O) groups excluding carboxylic acids is 1. The van der Waals surface area contributed by atoms with Gasteiger partial charge in [0, 0.05) is 15.8 Å². The van der Waals surface area contributed by atoms with E-state index >= 15 is 0 Å². The van der Waals surface area contributed by atoms with Gasteiger partial charge in [-0.2, -0.15) is 0 Å². The van der Waals surface area contributed by atoms with E-state index in [1.54, 1.807) is 11.3 Å². The molecule has 1 aromatic rings. The maximum atomic E-state index is 12.1.